The highest BCUT2D eigenvalue weighted by Crippen LogP contribution is 2.21. The van der Waals surface area contributed by atoms with Gasteiger partial charge < -0.3 is 10.3 Å². The van der Waals surface area contributed by atoms with Gasteiger partial charge in [-0.1, -0.05) is 29.3 Å². The van der Waals surface area contributed by atoms with Crippen molar-refractivity contribution in [3.63, 3.8) is 0 Å². The third-order valence-electron chi connectivity index (χ3n) is 2.63. The van der Waals surface area contributed by atoms with Gasteiger partial charge in [0.15, 0.2) is 0 Å². The van der Waals surface area contributed by atoms with Crippen molar-refractivity contribution in [1.29, 1.82) is 0 Å². The average Bonchev–Trinajstić information content (AvgIpc) is 2.91. The normalized spacial score (nSPS) is 10.9. The van der Waals surface area contributed by atoms with E-state index in [0.29, 0.717) is 23.0 Å². The number of benzene rings is 1. The molecule has 0 aliphatic heterocycles. The molecule has 1 aromatic carbocycles. The number of nitrogens with zero attached hydrogens (tertiary/aromatic N) is 1. The quantitative estimate of drug-likeness (QED) is 0.834. The Morgan fingerprint density at radius 2 is 2.25 bits per heavy atom. The van der Waals surface area contributed by atoms with Crippen LogP contribution in [0.15, 0.2) is 36.8 Å². The van der Waals surface area contributed by atoms with Gasteiger partial charge in [-0.25, -0.2) is 4.98 Å². The van der Waals surface area contributed by atoms with Crippen molar-refractivity contribution in [1.82, 2.24) is 15.3 Å². The molecule has 0 saturated heterocycles. The predicted octanol–water partition coefficient (Wildman–Crippen LogP) is 3.09. The van der Waals surface area contributed by atoms with Gasteiger partial charge in [-0.3, -0.25) is 4.79 Å². The molecule has 0 unspecified atom stereocenters. The van der Waals surface area contributed by atoms with Gasteiger partial charge in [0.2, 0.25) is 5.91 Å². The van der Waals surface area contributed by atoms with E-state index in [4.69, 9.17) is 23.2 Å². The van der Waals surface area contributed by atoms with Crippen LogP contribution in [0.25, 0.3) is 6.08 Å². The Hall–Kier alpha value is -1.78. The summed E-state index contributed by atoms with van der Waals surface area (Å²) in [6, 6.07) is 5.13. The first-order chi connectivity index (χ1) is 9.65. The first kappa shape index (κ1) is 14.6. The number of halogens is 2. The fraction of sp³-hybridized carbons (Fsp3) is 0.143. The molecule has 2 aromatic rings. The van der Waals surface area contributed by atoms with Gasteiger partial charge in [0.1, 0.15) is 0 Å². The molecule has 0 atom stereocenters. The number of carbonyl (C=O) groups excluding carboxylic acids is 1. The van der Waals surface area contributed by atoms with Gasteiger partial charge in [-0.2, -0.15) is 0 Å². The maximum absolute atomic E-state index is 11.6. The Balaban J connectivity index is 1.83. The van der Waals surface area contributed by atoms with Crippen molar-refractivity contribution in [2.45, 2.75) is 6.42 Å². The number of hydrogen-bond acceptors (Lipinski definition) is 2. The number of imidazole rings is 1. The van der Waals surface area contributed by atoms with Crippen LogP contribution in [0.3, 0.4) is 0 Å². The fourth-order valence-corrected chi connectivity index (χ4v) is 2.07. The summed E-state index contributed by atoms with van der Waals surface area (Å²) in [5.41, 5.74) is 1.73. The summed E-state index contributed by atoms with van der Waals surface area (Å²) in [6.07, 6.45) is 7.16. The van der Waals surface area contributed by atoms with Gasteiger partial charge in [0.25, 0.3) is 0 Å². The van der Waals surface area contributed by atoms with Crippen molar-refractivity contribution in [3.05, 3.63) is 58.1 Å². The molecule has 0 spiro atoms. The van der Waals surface area contributed by atoms with Crippen molar-refractivity contribution in [2.75, 3.05) is 6.54 Å². The summed E-state index contributed by atoms with van der Waals surface area (Å²) in [7, 11) is 0. The van der Waals surface area contributed by atoms with Gasteiger partial charge in [-0.15, -0.1) is 0 Å². The summed E-state index contributed by atoms with van der Waals surface area (Å²) < 4.78 is 0. The Labute approximate surface area is 126 Å². The molecule has 2 N–H and O–H groups in total. The monoisotopic (exact) mass is 309 g/mol. The molecular weight excluding hydrogens is 297 g/mol. The smallest absolute Gasteiger partial charge is 0.244 e. The zero-order chi connectivity index (χ0) is 14.4. The number of H-pyrrole nitrogens is 1. The van der Waals surface area contributed by atoms with Crippen molar-refractivity contribution >= 4 is 35.2 Å². The Kier molecular flexibility index (Phi) is 5.21. The van der Waals surface area contributed by atoms with Gasteiger partial charge in [0, 0.05) is 41.0 Å². The lowest BCUT2D eigenvalue weighted by atomic mass is 10.2. The fourth-order valence-electron chi connectivity index (χ4n) is 1.60. The molecular formula is C14H13Cl2N3O. The van der Waals surface area contributed by atoms with E-state index >= 15 is 0 Å². The van der Waals surface area contributed by atoms with E-state index in [1.54, 1.807) is 36.8 Å². The van der Waals surface area contributed by atoms with Gasteiger partial charge in [-0.05, 0) is 23.8 Å². The first-order valence-electron chi connectivity index (χ1n) is 6.03. The van der Waals surface area contributed by atoms with Crippen LogP contribution >= 0.6 is 23.2 Å². The zero-order valence-corrected chi connectivity index (χ0v) is 12.1. The van der Waals surface area contributed by atoms with E-state index in [9.17, 15) is 4.79 Å². The number of rotatable bonds is 5. The number of aromatic amines is 1. The SMILES string of the molecule is O=C(C=Cc1ccc(Cl)cc1Cl)NCCc1cnc[nH]1. The minimum absolute atomic E-state index is 0.171. The molecule has 0 aliphatic carbocycles. The van der Waals surface area contributed by atoms with E-state index in [-0.39, 0.29) is 5.91 Å². The molecule has 6 heteroatoms. The molecule has 0 bridgehead atoms. The standard InChI is InChI=1S/C14H13Cl2N3O/c15-11-3-1-10(13(16)7-11)2-4-14(20)18-6-5-12-8-17-9-19-12/h1-4,7-9H,5-6H2,(H,17,19)(H,18,20). The van der Waals surface area contributed by atoms with Crippen LogP contribution in [0.4, 0.5) is 0 Å². The highest BCUT2D eigenvalue weighted by atomic mass is 35.5. The van der Waals surface area contributed by atoms with E-state index in [2.05, 4.69) is 15.3 Å². The molecule has 1 aromatic heterocycles. The van der Waals surface area contributed by atoms with Crippen LogP contribution in [-0.4, -0.2) is 22.4 Å². The minimum Gasteiger partial charge on any atom is -0.352 e. The zero-order valence-electron chi connectivity index (χ0n) is 10.6. The highest BCUT2D eigenvalue weighted by Gasteiger charge is 2.00. The third kappa shape index (κ3) is 4.40. The predicted molar refractivity (Wildman–Crippen MR) is 80.8 cm³/mol. The molecule has 20 heavy (non-hydrogen) atoms. The second kappa shape index (κ2) is 7.12. The number of aromatic nitrogens is 2. The maximum Gasteiger partial charge on any atom is 0.244 e. The van der Waals surface area contributed by atoms with E-state index in [1.807, 2.05) is 0 Å². The largest absolute Gasteiger partial charge is 0.352 e. The molecule has 2 rings (SSSR count). The van der Waals surface area contributed by atoms with Crippen LogP contribution < -0.4 is 5.32 Å². The summed E-state index contributed by atoms with van der Waals surface area (Å²) in [4.78, 5) is 18.5. The summed E-state index contributed by atoms with van der Waals surface area (Å²) in [6.45, 7) is 0.541. The van der Waals surface area contributed by atoms with Crippen LogP contribution in [-0.2, 0) is 11.2 Å². The van der Waals surface area contributed by atoms with Crippen molar-refractivity contribution < 1.29 is 4.79 Å². The van der Waals surface area contributed by atoms with Crippen LogP contribution in [0.2, 0.25) is 10.0 Å². The van der Waals surface area contributed by atoms with E-state index in [1.165, 1.54) is 6.08 Å². The van der Waals surface area contributed by atoms with Crippen LogP contribution in [0, 0.1) is 0 Å². The molecule has 0 fully saturated rings. The number of amides is 1. The van der Waals surface area contributed by atoms with Crippen molar-refractivity contribution in [3.8, 4) is 0 Å². The topological polar surface area (TPSA) is 57.8 Å². The summed E-state index contributed by atoms with van der Waals surface area (Å²) >= 11 is 11.8. The summed E-state index contributed by atoms with van der Waals surface area (Å²) in [5.74, 6) is -0.171. The molecule has 0 saturated carbocycles. The highest BCUT2D eigenvalue weighted by molar-refractivity contribution is 6.35. The van der Waals surface area contributed by atoms with E-state index < -0.39 is 0 Å². The average molecular weight is 310 g/mol. The first-order valence-corrected chi connectivity index (χ1v) is 6.79. The molecule has 0 aliphatic rings. The second-order valence-corrected chi connectivity index (χ2v) is 4.96. The third-order valence-corrected chi connectivity index (χ3v) is 3.19. The molecule has 1 amide bonds. The molecule has 4 nitrogen and oxygen atoms in total. The number of carbonyl (C=O) groups is 1. The Morgan fingerprint density at radius 1 is 1.40 bits per heavy atom. The number of nitrogens with one attached hydrogen (secondary N) is 2. The van der Waals surface area contributed by atoms with Crippen molar-refractivity contribution in [2.24, 2.45) is 0 Å². The van der Waals surface area contributed by atoms with Crippen LogP contribution in [0.5, 0.6) is 0 Å². The Bertz CT molecular complexity index is 609. The minimum atomic E-state index is -0.171. The maximum atomic E-state index is 11.6. The van der Waals surface area contributed by atoms with Crippen LogP contribution in [0.1, 0.15) is 11.3 Å². The Morgan fingerprint density at radius 3 is 2.95 bits per heavy atom. The second-order valence-electron chi connectivity index (χ2n) is 4.12. The number of hydrogen-bond donors (Lipinski definition) is 2. The summed E-state index contributed by atoms with van der Waals surface area (Å²) in [5, 5.41) is 3.86. The van der Waals surface area contributed by atoms with Gasteiger partial charge >= 0.3 is 0 Å². The molecule has 0 radical (unpaired) electrons. The lowest BCUT2D eigenvalue weighted by Crippen LogP contribution is -2.23. The van der Waals surface area contributed by atoms with E-state index in [0.717, 1.165) is 11.3 Å². The molecule has 1 heterocycles. The van der Waals surface area contributed by atoms with Gasteiger partial charge in [0.05, 0.1) is 6.33 Å². The molecule has 104 valence electrons. The lowest BCUT2D eigenvalue weighted by molar-refractivity contribution is -0.116. The lowest BCUT2D eigenvalue weighted by Gasteiger charge is -2.01.